The summed E-state index contributed by atoms with van der Waals surface area (Å²) >= 11 is 2.80. The average Bonchev–Trinajstić information content (AvgIpc) is 3.19. The van der Waals surface area contributed by atoms with Gasteiger partial charge in [0.15, 0.2) is 10.1 Å². The predicted octanol–water partition coefficient (Wildman–Crippen LogP) is 4.32. The van der Waals surface area contributed by atoms with Crippen LogP contribution in [0.1, 0.15) is 16.1 Å². The van der Waals surface area contributed by atoms with Crippen molar-refractivity contribution in [3.8, 4) is 11.5 Å². The topological polar surface area (TPSA) is 77.5 Å². The lowest BCUT2D eigenvalue weighted by molar-refractivity contribution is -0.115. The van der Waals surface area contributed by atoms with Crippen molar-refractivity contribution in [1.82, 2.24) is 4.98 Å². The quantitative estimate of drug-likeness (QED) is 0.404. The molecule has 1 heterocycles. The van der Waals surface area contributed by atoms with Gasteiger partial charge < -0.3 is 14.8 Å². The molecule has 1 N–H and O–H groups in total. The Bertz CT molecular complexity index is 989. The molecule has 0 atom stereocenters. The van der Waals surface area contributed by atoms with E-state index in [1.807, 2.05) is 23.6 Å². The van der Waals surface area contributed by atoms with Crippen LogP contribution in [0.2, 0.25) is 0 Å². The second-order valence-electron chi connectivity index (χ2n) is 5.97. The van der Waals surface area contributed by atoms with Gasteiger partial charge in [-0.2, -0.15) is 0 Å². The molecule has 29 heavy (non-hydrogen) atoms. The van der Waals surface area contributed by atoms with Crippen LogP contribution in [0, 0.1) is 0 Å². The SMILES string of the molecule is COc1ccc(OC)c(NC(=O)Cc2csc(SCC(=O)c3ccccc3)n2)c1. The zero-order chi connectivity index (χ0) is 20.6. The summed E-state index contributed by atoms with van der Waals surface area (Å²) in [6.45, 7) is 0. The Kier molecular flexibility index (Phi) is 7.26. The number of hydrogen-bond donors (Lipinski definition) is 1. The molecule has 0 radical (unpaired) electrons. The number of carbonyl (C=O) groups excluding carboxylic acids is 2. The van der Waals surface area contributed by atoms with Gasteiger partial charge in [0.25, 0.3) is 0 Å². The number of anilines is 1. The molecule has 0 saturated carbocycles. The number of carbonyl (C=O) groups is 2. The largest absolute Gasteiger partial charge is 0.497 e. The van der Waals surface area contributed by atoms with Gasteiger partial charge in [-0.05, 0) is 12.1 Å². The number of benzene rings is 2. The molecule has 8 heteroatoms. The minimum Gasteiger partial charge on any atom is -0.497 e. The second kappa shape index (κ2) is 10.1. The summed E-state index contributed by atoms with van der Waals surface area (Å²) in [6, 6.07) is 14.4. The molecule has 0 fully saturated rings. The lowest BCUT2D eigenvalue weighted by Crippen LogP contribution is -2.15. The molecular formula is C21H20N2O4S2. The molecule has 0 aliphatic rings. The molecule has 0 spiro atoms. The third-order valence-corrected chi connectivity index (χ3v) is 6.05. The summed E-state index contributed by atoms with van der Waals surface area (Å²) in [5.41, 5.74) is 1.88. The fourth-order valence-corrected chi connectivity index (χ4v) is 4.28. The van der Waals surface area contributed by atoms with Gasteiger partial charge in [0.05, 0.1) is 37.8 Å². The number of Topliss-reactive ketones (excluding diaryl/α,β-unsaturated/α-hetero) is 1. The number of aromatic nitrogens is 1. The van der Waals surface area contributed by atoms with Crippen LogP contribution in [0.3, 0.4) is 0 Å². The van der Waals surface area contributed by atoms with Crippen LogP contribution in [-0.4, -0.2) is 36.6 Å². The Morgan fingerprint density at radius 1 is 1.10 bits per heavy atom. The van der Waals surface area contributed by atoms with E-state index in [9.17, 15) is 9.59 Å². The molecule has 1 amide bonds. The predicted molar refractivity (Wildman–Crippen MR) is 115 cm³/mol. The Hall–Kier alpha value is -2.84. The first-order valence-corrected chi connectivity index (χ1v) is 10.6. The van der Waals surface area contributed by atoms with Crippen molar-refractivity contribution >= 4 is 40.5 Å². The van der Waals surface area contributed by atoms with Crippen LogP contribution >= 0.6 is 23.1 Å². The van der Waals surface area contributed by atoms with Crippen molar-refractivity contribution in [2.45, 2.75) is 10.8 Å². The standard InChI is InChI=1S/C21H20N2O4S2/c1-26-16-8-9-19(27-2)17(11-16)23-20(25)10-15-12-28-21(22-15)29-13-18(24)14-6-4-3-5-7-14/h3-9,11-12H,10,13H2,1-2H3,(H,23,25). The Morgan fingerprint density at radius 3 is 2.62 bits per heavy atom. The number of amides is 1. The van der Waals surface area contributed by atoms with Crippen molar-refractivity contribution in [3.63, 3.8) is 0 Å². The minimum atomic E-state index is -0.209. The zero-order valence-corrected chi connectivity index (χ0v) is 17.6. The van der Waals surface area contributed by atoms with E-state index in [0.717, 1.165) is 4.34 Å². The number of rotatable bonds is 9. The second-order valence-corrected chi connectivity index (χ2v) is 8.05. The molecular weight excluding hydrogens is 408 g/mol. The normalized spacial score (nSPS) is 10.4. The maximum Gasteiger partial charge on any atom is 0.230 e. The molecule has 2 aromatic carbocycles. The summed E-state index contributed by atoms with van der Waals surface area (Å²) < 4.78 is 11.2. The third kappa shape index (κ3) is 5.82. The number of ether oxygens (including phenoxy) is 2. The van der Waals surface area contributed by atoms with E-state index in [2.05, 4.69) is 10.3 Å². The van der Waals surface area contributed by atoms with Crippen molar-refractivity contribution in [3.05, 3.63) is 65.2 Å². The molecule has 6 nitrogen and oxygen atoms in total. The van der Waals surface area contributed by atoms with Crippen LogP contribution in [0.4, 0.5) is 5.69 Å². The smallest absolute Gasteiger partial charge is 0.230 e. The third-order valence-electron chi connectivity index (χ3n) is 3.98. The molecule has 0 aliphatic heterocycles. The molecule has 150 valence electrons. The minimum absolute atomic E-state index is 0.0511. The van der Waals surface area contributed by atoms with E-state index in [0.29, 0.717) is 34.2 Å². The number of thiazole rings is 1. The van der Waals surface area contributed by atoms with E-state index in [1.54, 1.807) is 37.4 Å². The van der Waals surface area contributed by atoms with Crippen LogP contribution in [0.15, 0.2) is 58.3 Å². The van der Waals surface area contributed by atoms with E-state index >= 15 is 0 Å². The summed E-state index contributed by atoms with van der Waals surface area (Å²) in [5.74, 6) is 1.32. The number of nitrogens with zero attached hydrogens (tertiary/aromatic N) is 1. The van der Waals surface area contributed by atoms with Crippen LogP contribution in [0.5, 0.6) is 11.5 Å². The summed E-state index contributed by atoms with van der Waals surface area (Å²) in [7, 11) is 3.10. The number of ketones is 1. The van der Waals surface area contributed by atoms with Crippen LogP contribution < -0.4 is 14.8 Å². The van der Waals surface area contributed by atoms with Crippen molar-refractivity contribution < 1.29 is 19.1 Å². The van der Waals surface area contributed by atoms with Gasteiger partial charge in [0.1, 0.15) is 11.5 Å². The Labute approximate surface area is 177 Å². The highest BCUT2D eigenvalue weighted by Crippen LogP contribution is 2.29. The van der Waals surface area contributed by atoms with E-state index in [4.69, 9.17) is 9.47 Å². The van der Waals surface area contributed by atoms with E-state index < -0.39 is 0 Å². The number of hydrogen-bond acceptors (Lipinski definition) is 7. The molecule has 0 unspecified atom stereocenters. The van der Waals surface area contributed by atoms with Gasteiger partial charge in [0, 0.05) is 17.0 Å². The zero-order valence-electron chi connectivity index (χ0n) is 16.0. The highest BCUT2D eigenvalue weighted by molar-refractivity contribution is 8.01. The fraction of sp³-hybridized carbons (Fsp3) is 0.190. The molecule has 1 aromatic heterocycles. The van der Waals surface area contributed by atoms with Crippen LogP contribution in [0.25, 0.3) is 0 Å². The van der Waals surface area contributed by atoms with Crippen LogP contribution in [-0.2, 0) is 11.2 Å². The Balaban J connectivity index is 1.56. The molecule has 0 aliphatic carbocycles. The number of nitrogens with one attached hydrogen (secondary N) is 1. The van der Waals surface area contributed by atoms with Gasteiger partial charge in [-0.25, -0.2) is 4.98 Å². The van der Waals surface area contributed by atoms with Crippen molar-refractivity contribution in [2.75, 3.05) is 25.3 Å². The van der Waals surface area contributed by atoms with Gasteiger partial charge in [-0.1, -0.05) is 42.1 Å². The van der Waals surface area contributed by atoms with Gasteiger partial charge in [0.2, 0.25) is 5.91 Å². The fourth-order valence-electron chi connectivity index (χ4n) is 2.54. The number of thioether (sulfide) groups is 1. The summed E-state index contributed by atoms with van der Waals surface area (Å²) in [5, 5.41) is 4.66. The first-order chi connectivity index (χ1) is 14.1. The van der Waals surface area contributed by atoms with Gasteiger partial charge in [-0.3, -0.25) is 9.59 Å². The molecule has 0 saturated heterocycles. The highest BCUT2D eigenvalue weighted by Gasteiger charge is 2.13. The first kappa shape index (κ1) is 20.9. The van der Waals surface area contributed by atoms with Gasteiger partial charge in [-0.15, -0.1) is 11.3 Å². The number of methoxy groups -OCH3 is 2. The Morgan fingerprint density at radius 2 is 1.90 bits per heavy atom. The molecule has 3 rings (SSSR count). The maximum absolute atomic E-state index is 12.4. The maximum atomic E-state index is 12.4. The highest BCUT2D eigenvalue weighted by atomic mass is 32.2. The summed E-state index contributed by atoms with van der Waals surface area (Å²) in [6.07, 6.45) is 0.129. The van der Waals surface area contributed by atoms with E-state index in [-0.39, 0.29) is 18.1 Å². The molecule has 3 aromatic rings. The van der Waals surface area contributed by atoms with Gasteiger partial charge >= 0.3 is 0 Å². The van der Waals surface area contributed by atoms with Crippen molar-refractivity contribution in [1.29, 1.82) is 0 Å². The summed E-state index contributed by atoms with van der Waals surface area (Å²) in [4.78, 5) is 29.0. The van der Waals surface area contributed by atoms with E-state index in [1.165, 1.54) is 30.2 Å². The van der Waals surface area contributed by atoms with Crippen molar-refractivity contribution in [2.24, 2.45) is 0 Å². The lowest BCUT2D eigenvalue weighted by atomic mass is 10.2. The molecule has 0 bridgehead atoms. The monoisotopic (exact) mass is 428 g/mol. The first-order valence-electron chi connectivity index (χ1n) is 8.76. The lowest BCUT2D eigenvalue weighted by Gasteiger charge is -2.11. The average molecular weight is 429 g/mol.